The van der Waals surface area contributed by atoms with Gasteiger partial charge in [-0.25, -0.2) is 9.78 Å². The van der Waals surface area contributed by atoms with Gasteiger partial charge in [0.2, 0.25) is 5.95 Å². The number of ether oxygens (including phenoxy) is 2. The summed E-state index contributed by atoms with van der Waals surface area (Å²) in [6, 6.07) is 21.1. The summed E-state index contributed by atoms with van der Waals surface area (Å²) in [5.41, 5.74) is 8.26. The summed E-state index contributed by atoms with van der Waals surface area (Å²) < 4.78 is 46.7. The molecule has 0 aliphatic carbocycles. The average molecular weight is 481 g/mol. The summed E-state index contributed by atoms with van der Waals surface area (Å²) >= 11 is 0. The van der Waals surface area contributed by atoms with Crippen molar-refractivity contribution in [3.05, 3.63) is 84.7 Å². The van der Waals surface area contributed by atoms with E-state index in [2.05, 4.69) is 25.0 Å². The van der Waals surface area contributed by atoms with Gasteiger partial charge in [-0.2, -0.15) is 18.2 Å². The zero-order valence-corrected chi connectivity index (χ0v) is 18.0. The fourth-order valence-electron chi connectivity index (χ4n) is 3.00. The third-order valence-corrected chi connectivity index (χ3v) is 4.55. The van der Waals surface area contributed by atoms with Gasteiger partial charge in [0.1, 0.15) is 23.9 Å². The first-order valence-electron chi connectivity index (χ1n) is 10.2. The molecule has 8 nitrogen and oxygen atoms in total. The van der Waals surface area contributed by atoms with Gasteiger partial charge in [0.15, 0.2) is 0 Å². The Morgan fingerprint density at radius 1 is 0.943 bits per heavy atom. The quantitative estimate of drug-likeness (QED) is 0.344. The third-order valence-electron chi connectivity index (χ3n) is 4.55. The topological polar surface area (TPSA) is 112 Å². The lowest BCUT2D eigenvalue weighted by Gasteiger charge is -2.11. The number of anilines is 3. The molecule has 0 aliphatic rings. The van der Waals surface area contributed by atoms with Crippen molar-refractivity contribution in [2.45, 2.75) is 12.8 Å². The van der Waals surface area contributed by atoms with Gasteiger partial charge in [-0.3, -0.25) is 4.98 Å². The molecule has 0 atom stereocenters. The Balaban J connectivity index is 1.40. The standard InChI is InChI=1S/C24H18F3N5O3/c25-24(26,27)22(33)34-14-17-12-19(10-11-29-17)35-18-8-6-16(7-9-18)30-21-13-20(31-23(28)32-21)15-4-2-1-3-5-15/h1-13H,14H2,(H3,28,30,31,32). The molecule has 4 aromatic rings. The predicted molar refractivity (Wildman–Crippen MR) is 122 cm³/mol. The number of nitrogen functional groups attached to an aromatic ring is 1. The predicted octanol–water partition coefficient (Wildman–Crippen LogP) is 5.26. The molecule has 2 heterocycles. The number of carbonyl (C=O) groups is 1. The lowest BCUT2D eigenvalue weighted by Crippen LogP contribution is -2.25. The minimum atomic E-state index is -5.06. The van der Waals surface area contributed by atoms with Crippen LogP contribution in [0, 0.1) is 0 Å². The first kappa shape index (κ1) is 23.5. The van der Waals surface area contributed by atoms with Gasteiger partial charge in [0.25, 0.3) is 0 Å². The van der Waals surface area contributed by atoms with Crippen LogP contribution in [0.5, 0.6) is 11.5 Å². The Morgan fingerprint density at radius 2 is 1.69 bits per heavy atom. The lowest BCUT2D eigenvalue weighted by atomic mass is 10.1. The maximum Gasteiger partial charge on any atom is 0.490 e. The number of alkyl halides is 3. The van der Waals surface area contributed by atoms with E-state index in [4.69, 9.17) is 10.5 Å². The summed E-state index contributed by atoms with van der Waals surface area (Å²) in [4.78, 5) is 23.2. The molecule has 3 N–H and O–H groups in total. The lowest BCUT2D eigenvalue weighted by molar-refractivity contribution is -0.201. The second-order valence-electron chi connectivity index (χ2n) is 7.17. The fraction of sp³-hybridized carbons (Fsp3) is 0.0833. The zero-order valence-electron chi connectivity index (χ0n) is 18.0. The molecule has 2 aromatic carbocycles. The monoisotopic (exact) mass is 481 g/mol. The van der Waals surface area contributed by atoms with Crippen molar-refractivity contribution in [1.82, 2.24) is 15.0 Å². The smallest absolute Gasteiger partial charge is 0.457 e. The normalized spacial score (nSPS) is 11.1. The van der Waals surface area contributed by atoms with Gasteiger partial charge in [-0.1, -0.05) is 30.3 Å². The van der Waals surface area contributed by atoms with E-state index in [1.807, 2.05) is 30.3 Å². The van der Waals surface area contributed by atoms with E-state index in [9.17, 15) is 18.0 Å². The largest absolute Gasteiger partial charge is 0.490 e. The number of nitrogens with one attached hydrogen (secondary N) is 1. The van der Waals surface area contributed by atoms with E-state index in [0.29, 0.717) is 28.7 Å². The van der Waals surface area contributed by atoms with Crippen molar-refractivity contribution in [3.8, 4) is 22.8 Å². The minimum Gasteiger partial charge on any atom is -0.457 e. The number of carbonyl (C=O) groups excluding carboxylic acids is 1. The Kier molecular flexibility index (Phi) is 6.76. The number of rotatable bonds is 7. The molecule has 0 saturated carbocycles. The second kappa shape index (κ2) is 10.1. The molecule has 0 bridgehead atoms. The van der Waals surface area contributed by atoms with E-state index >= 15 is 0 Å². The van der Waals surface area contributed by atoms with E-state index in [1.54, 1.807) is 30.3 Å². The molecular weight excluding hydrogens is 463 g/mol. The van der Waals surface area contributed by atoms with Crippen LogP contribution in [0.25, 0.3) is 11.3 Å². The van der Waals surface area contributed by atoms with Crippen LogP contribution >= 0.6 is 0 Å². The highest BCUT2D eigenvalue weighted by atomic mass is 19.4. The number of pyridine rings is 1. The Hall–Kier alpha value is -4.67. The van der Waals surface area contributed by atoms with Crippen LogP contribution in [0.4, 0.5) is 30.6 Å². The Morgan fingerprint density at radius 3 is 2.40 bits per heavy atom. The SMILES string of the molecule is Nc1nc(Nc2ccc(Oc3ccnc(COC(=O)C(F)(F)F)c3)cc2)cc(-c2ccccc2)n1. The number of nitrogens with two attached hydrogens (primary N) is 1. The Bertz CT molecular complexity index is 1320. The maximum atomic E-state index is 12.3. The van der Waals surface area contributed by atoms with Crippen LogP contribution in [-0.2, 0) is 16.1 Å². The molecule has 0 fully saturated rings. The first-order valence-corrected chi connectivity index (χ1v) is 10.2. The van der Waals surface area contributed by atoms with Gasteiger partial charge in [-0.15, -0.1) is 0 Å². The number of benzene rings is 2. The van der Waals surface area contributed by atoms with Crippen LogP contribution in [0.1, 0.15) is 5.69 Å². The fourth-order valence-corrected chi connectivity index (χ4v) is 3.00. The number of aromatic nitrogens is 3. The van der Waals surface area contributed by atoms with Crippen molar-refractivity contribution < 1.29 is 27.4 Å². The number of esters is 1. The van der Waals surface area contributed by atoms with Crippen molar-refractivity contribution in [1.29, 1.82) is 0 Å². The van der Waals surface area contributed by atoms with Crippen LogP contribution < -0.4 is 15.8 Å². The van der Waals surface area contributed by atoms with Crippen molar-refractivity contribution >= 4 is 23.4 Å². The molecule has 35 heavy (non-hydrogen) atoms. The summed E-state index contributed by atoms with van der Waals surface area (Å²) in [5, 5.41) is 3.16. The molecule has 11 heteroatoms. The molecule has 0 spiro atoms. The van der Waals surface area contributed by atoms with E-state index in [1.165, 1.54) is 18.3 Å². The third kappa shape index (κ3) is 6.44. The van der Waals surface area contributed by atoms with Gasteiger partial charge >= 0.3 is 12.1 Å². The van der Waals surface area contributed by atoms with Crippen molar-refractivity contribution in [3.63, 3.8) is 0 Å². The highest BCUT2D eigenvalue weighted by Gasteiger charge is 2.40. The zero-order chi connectivity index (χ0) is 24.8. The van der Waals surface area contributed by atoms with Gasteiger partial charge in [0, 0.05) is 29.6 Å². The van der Waals surface area contributed by atoms with Crippen molar-refractivity contribution in [2.75, 3.05) is 11.1 Å². The molecule has 178 valence electrons. The van der Waals surface area contributed by atoms with Crippen LogP contribution in [0.3, 0.4) is 0 Å². The number of hydrogen-bond donors (Lipinski definition) is 2. The molecule has 0 saturated heterocycles. The Labute approximate surface area is 197 Å². The average Bonchev–Trinajstić information content (AvgIpc) is 2.83. The van der Waals surface area contributed by atoms with Gasteiger partial charge in [-0.05, 0) is 30.3 Å². The molecule has 0 radical (unpaired) electrons. The number of hydrogen-bond acceptors (Lipinski definition) is 8. The second-order valence-corrected chi connectivity index (χ2v) is 7.17. The van der Waals surface area contributed by atoms with E-state index in [-0.39, 0.29) is 11.6 Å². The van der Waals surface area contributed by atoms with Gasteiger partial charge in [0.05, 0.1) is 11.4 Å². The molecule has 0 unspecified atom stereocenters. The number of halogens is 3. The highest BCUT2D eigenvalue weighted by Crippen LogP contribution is 2.26. The summed E-state index contributed by atoms with van der Waals surface area (Å²) in [7, 11) is 0. The number of nitrogens with zero attached hydrogens (tertiary/aromatic N) is 3. The molecule has 4 rings (SSSR count). The van der Waals surface area contributed by atoms with Crippen molar-refractivity contribution in [2.24, 2.45) is 0 Å². The first-order chi connectivity index (χ1) is 16.8. The van der Waals surface area contributed by atoms with E-state index < -0.39 is 18.8 Å². The maximum absolute atomic E-state index is 12.3. The van der Waals surface area contributed by atoms with Gasteiger partial charge < -0.3 is 20.5 Å². The summed E-state index contributed by atoms with van der Waals surface area (Å²) in [6.45, 7) is -0.633. The summed E-state index contributed by atoms with van der Waals surface area (Å²) in [5.74, 6) is -0.863. The van der Waals surface area contributed by atoms with E-state index in [0.717, 1.165) is 5.56 Å². The summed E-state index contributed by atoms with van der Waals surface area (Å²) in [6.07, 6.45) is -3.73. The molecule has 0 aliphatic heterocycles. The molecule has 0 amide bonds. The van der Waals surface area contributed by atoms with Crippen LogP contribution in [-0.4, -0.2) is 27.1 Å². The van der Waals surface area contributed by atoms with Crippen LogP contribution in [0.15, 0.2) is 79.0 Å². The highest BCUT2D eigenvalue weighted by molar-refractivity contribution is 5.75. The molecular formula is C24H18F3N5O3. The molecule has 2 aromatic heterocycles. The van der Waals surface area contributed by atoms with Crippen LogP contribution in [0.2, 0.25) is 0 Å². The minimum absolute atomic E-state index is 0.106.